The second-order valence-corrected chi connectivity index (χ2v) is 4.12. The highest BCUT2D eigenvalue weighted by Crippen LogP contribution is 2.34. The van der Waals surface area contributed by atoms with E-state index in [-0.39, 0.29) is 5.88 Å². The van der Waals surface area contributed by atoms with Crippen molar-refractivity contribution >= 4 is 5.69 Å². The number of halogens is 1. The molecule has 20 heavy (non-hydrogen) atoms. The molecule has 6 nitrogen and oxygen atoms in total. The largest absolute Gasteiger partial charge is 0.428 e. The summed E-state index contributed by atoms with van der Waals surface area (Å²) in [5, 5.41) is 10.9. The molecule has 2 N–H and O–H groups in total. The summed E-state index contributed by atoms with van der Waals surface area (Å²) in [6.07, 6.45) is 1.48. The van der Waals surface area contributed by atoms with Crippen molar-refractivity contribution in [3.63, 3.8) is 0 Å². The van der Waals surface area contributed by atoms with E-state index < -0.39 is 22.2 Å². The minimum Gasteiger partial charge on any atom is -0.428 e. The first-order chi connectivity index (χ1) is 9.52. The standard InChI is InChI=1S/C13H12FN3O3/c1-8-5-9(6-15)7-16-13(8)20-12-10(14)3-2-4-11(12)17(18)19/h2-5,7H,6,15H2,1H3. The van der Waals surface area contributed by atoms with Crippen molar-refractivity contribution in [3.8, 4) is 11.6 Å². The molecule has 0 aliphatic rings. The van der Waals surface area contributed by atoms with Gasteiger partial charge in [-0.3, -0.25) is 10.1 Å². The molecule has 7 heteroatoms. The predicted molar refractivity (Wildman–Crippen MR) is 70.0 cm³/mol. The molecule has 104 valence electrons. The maximum Gasteiger partial charge on any atom is 0.314 e. The number of hydrogen-bond acceptors (Lipinski definition) is 5. The summed E-state index contributed by atoms with van der Waals surface area (Å²) in [4.78, 5) is 14.2. The van der Waals surface area contributed by atoms with E-state index in [1.807, 2.05) is 0 Å². The highest BCUT2D eigenvalue weighted by molar-refractivity contribution is 5.49. The number of rotatable bonds is 4. The average Bonchev–Trinajstić information content (AvgIpc) is 2.42. The Kier molecular flexibility index (Phi) is 3.90. The summed E-state index contributed by atoms with van der Waals surface area (Å²) in [6, 6.07) is 5.24. The van der Waals surface area contributed by atoms with Crippen molar-refractivity contribution in [1.82, 2.24) is 4.98 Å². The molecule has 0 atom stereocenters. The zero-order valence-corrected chi connectivity index (χ0v) is 10.7. The highest BCUT2D eigenvalue weighted by atomic mass is 19.1. The molecule has 0 fully saturated rings. The number of para-hydroxylation sites is 1. The number of pyridine rings is 1. The average molecular weight is 277 g/mol. The Labute approximate surface area is 114 Å². The number of benzene rings is 1. The molecule has 2 rings (SSSR count). The van der Waals surface area contributed by atoms with Crippen LogP contribution in [0.15, 0.2) is 30.5 Å². The maximum atomic E-state index is 13.7. The number of aromatic nitrogens is 1. The van der Waals surface area contributed by atoms with E-state index in [9.17, 15) is 14.5 Å². The van der Waals surface area contributed by atoms with Crippen molar-refractivity contribution in [2.75, 3.05) is 0 Å². The lowest BCUT2D eigenvalue weighted by Gasteiger charge is -2.09. The van der Waals surface area contributed by atoms with Crippen molar-refractivity contribution in [2.24, 2.45) is 5.73 Å². The molecule has 0 radical (unpaired) electrons. The predicted octanol–water partition coefficient (Wildman–Crippen LogP) is 2.69. The molecule has 1 aromatic carbocycles. The first-order valence-electron chi connectivity index (χ1n) is 5.79. The number of nitrogens with two attached hydrogens (primary N) is 1. The zero-order chi connectivity index (χ0) is 14.7. The second kappa shape index (κ2) is 5.62. The van der Waals surface area contributed by atoms with Crippen LogP contribution in [0.3, 0.4) is 0 Å². The Morgan fingerprint density at radius 3 is 2.85 bits per heavy atom. The lowest BCUT2D eigenvalue weighted by atomic mass is 10.2. The van der Waals surface area contributed by atoms with Gasteiger partial charge in [0.15, 0.2) is 5.82 Å². The van der Waals surface area contributed by atoms with Gasteiger partial charge in [-0.2, -0.15) is 0 Å². The number of nitrogens with zero attached hydrogens (tertiary/aromatic N) is 2. The van der Waals surface area contributed by atoms with Gasteiger partial charge in [-0.05, 0) is 24.6 Å². The van der Waals surface area contributed by atoms with Crippen LogP contribution in [0, 0.1) is 22.9 Å². The SMILES string of the molecule is Cc1cc(CN)cnc1Oc1c(F)cccc1[N+](=O)[O-]. The quantitative estimate of drug-likeness (QED) is 0.685. The minimum atomic E-state index is -0.816. The molecule has 0 saturated heterocycles. The third-order valence-electron chi connectivity index (χ3n) is 2.66. The summed E-state index contributed by atoms with van der Waals surface area (Å²) in [6.45, 7) is 2.02. The van der Waals surface area contributed by atoms with Crippen LogP contribution in [0.25, 0.3) is 0 Å². The number of hydrogen-bond donors (Lipinski definition) is 1. The lowest BCUT2D eigenvalue weighted by Crippen LogP contribution is -2.01. The molecular formula is C13H12FN3O3. The van der Waals surface area contributed by atoms with Gasteiger partial charge in [0.2, 0.25) is 11.6 Å². The molecule has 0 saturated carbocycles. The molecule has 2 aromatic rings. The monoisotopic (exact) mass is 277 g/mol. The van der Waals surface area contributed by atoms with E-state index in [0.29, 0.717) is 12.1 Å². The van der Waals surface area contributed by atoms with Crippen molar-refractivity contribution in [2.45, 2.75) is 13.5 Å². The van der Waals surface area contributed by atoms with E-state index in [0.717, 1.165) is 11.6 Å². The van der Waals surface area contributed by atoms with Gasteiger partial charge in [0.25, 0.3) is 0 Å². The van der Waals surface area contributed by atoms with E-state index >= 15 is 0 Å². The molecule has 0 bridgehead atoms. The van der Waals surface area contributed by atoms with Crippen LogP contribution < -0.4 is 10.5 Å². The summed E-state index contributed by atoms with van der Waals surface area (Å²) < 4.78 is 19.0. The molecule has 1 heterocycles. The summed E-state index contributed by atoms with van der Waals surface area (Å²) in [5.41, 5.74) is 6.44. The van der Waals surface area contributed by atoms with Crippen LogP contribution >= 0.6 is 0 Å². The smallest absolute Gasteiger partial charge is 0.314 e. The molecule has 0 aliphatic heterocycles. The van der Waals surface area contributed by atoms with Gasteiger partial charge in [0.1, 0.15) is 0 Å². The van der Waals surface area contributed by atoms with E-state index in [1.54, 1.807) is 13.0 Å². The fraction of sp³-hybridized carbons (Fsp3) is 0.154. The number of nitro groups is 1. The molecule has 0 unspecified atom stereocenters. The van der Waals surface area contributed by atoms with Gasteiger partial charge in [0.05, 0.1) is 4.92 Å². The number of aryl methyl sites for hydroxylation is 1. The molecular weight excluding hydrogens is 265 g/mol. The summed E-state index contributed by atoms with van der Waals surface area (Å²) >= 11 is 0. The van der Waals surface area contributed by atoms with E-state index in [1.165, 1.54) is 18.3 Å². The Balaban J connectivity index is 2.42. The van der Waals surface area contributed by atoms with Crippen molar-refractivity contribution in [1.29, 1.82) is 0 Å². The van der Waals surface area contributed by atoms with Gasteiger partial charge in [-0.15, -0.1) is 0 Å². The first kappa shape index (κ1) is 13.9. The Bertz CT molecular complexity index is 661. The molecule has 0 spiro atoms. The molecule has 1 aromatic heterocycles. The van der Waals surface area contributed by atoms with Gasteiger partial charge in [0, 0.05) is 24.4 Å². The highest BCUT2D eigenvalue weighted by Gasteiger charge is 2.21. The number of nitro benzene ring substituents is 1. The fourth-order valence-electron chi connectivity index (χ4n) is 1.68. The van der Waals surface area contributed by atoms with E-state index in [4.69, 9.17) is 10.5 Å². The van der Waals surface area contributed by atoms with Gasteiger partial charge in [-0.25, -0.2) is 9.37 Å². The summed E-state index contributed by atoms with van der Waals surface area (Å²) in [7, 11) is 0. The Hall–Kier alpha value is -2.54. The normalized spacial score (nSPS) is 10.3. The van der Waals surface area contributed by atoms with Crippen LogP contribution in [0.2, 0.25) is 0 Å². The summed E-state index contributed by atoms with van der Waals surface area (Å²) in [5.74, 6) is -1.16. The molecule has 0 amide bonds. The third kappa shape index (κ3) is 2.72. The topological polar surface area (TPSA) is 91.3 Å². The van der Waals surface area contributed by atoms with Crippen LogP contribution in [0.1, 0.15) is 11.1 Å². The Morgan fingerprint density at radius 1 is 1.50 bits per heavy atom. The van der Waals surface area contributed by atoms with Crippen LogP contribution in [-0.4, -0.2) is 9.91 Å². The van der Waals surface area contributed by atoms with Crippen LogP contribution in [-0.2, 0) is 6.54 Å². The minimum absolute atomic E-state index is 0.107. The first-order valence-corrected chi connectivity index (χ1v) is 5.79. The van der Waals surface area contributed by atoms with Crippen molar-refractivity contribution < 1.29 is 14.1 Å². The third-order valence-corrected chi connectivity index (χ3v) is 2.66. The van der Waals surface area contributed by atoms with Gasteiger partial charge >= 0.3 is 5.69 Å². The van der Waals surface area contributed by atoms with Gasteiger partial charge < -0.3 is 10.5 Å². The fourth-order valence-corrected chi connectivity index (χ4v) is 1.68. The number of ether oxygens (including phenoxy) is 1. The Morgan fingerprint density at radius 2 is 2.25 bits per heavy atom. The van der Waals surface area contributed by atoms with E-state index in [2.05, 4.69) is 4.98 Å². The van der Waals surface area contributed by atoms with Crippen molar-refractivity contribution in [3.05, 3.63) is 57.5 Å². The lowest BCUT2D eigenvalue weighted by molar-refractivity contribution is -0.385. The second-order valence-electron chi connectivity index (χ2n) is 4.12. The molecule has 0 aliphatic carbocycles. The maximum absolute atomic E-state index is 13.7. The van der Waals surface area contributed by atoms with Gasteiger partial charge in [-0.1, -0.05) is 6.07 Å². The zero-order valence-electron chi connectivity index (χ0n) is 10.7. The van der Waals surface area contributed by atoms with Crippen LogP contribution in [0.4, 0.5) is 10.1 Å². The van der Waals surface area contributed by atoms with Crippen LogP contribution in [0.5, 0.6) is 11.6 Å².